The van der Waals surface area contributed by atoms with Crippen molar-refractivity contribution in [1.29, 1.82) is 0 Å². The number of aryl methyl sites for hydroxylation is 1. The number of rotatable bonds is 8. The number of hydrogen-bond acceptors (Lipinski definition) is 4. The first kappa shape index (κ1) is 14.0. The van der Waals surface area contributed by atoms with E-state index in [9.17, 15) is 0 Å². The standard InChI is InChI=1S/C14H21N3O2/c1-12-13(11-15-6-4-9-19-10-8-18)17-7-3-2-5-14(17)16-12/h2-3,5,7,15,18H,4,6,8-11H2,1H3. The Morgan fingerprint density at radius 2 is 2.26 bits per heavy atom. The highest BCUT2D eigenvalue weighted by Crippen LogP contribution is 2.11. The van der Waals surface area contributed by atoms with Gasteiger partial charge in [0.1, 0.15) is 5.65 Å². The molecule has 2 rings (SSSR count). The maximum Gasteiger partial charge on any atom is 0.137 e. The first-order chi connectivity index (χ1) is 9.33. The maximum absolute atomic E-state index is 8.57. The largest absolute Gasteiger partial charge is 0.394 e. The Morgan fingerprint density at radius 1 is 1.37 bits per heavy atom. The number of nitrogens with one attached hydrogen (secondary N) is 1. The van der Waals surface area contributed by atoms with Crippen molar-refractivity contribution < 1.29 is 9.84 Å². The second-order valence-electron chi connectivity index (χ2n) is 4.44. The van der Waals surface area contributed by atoms with Crippen LogP contribution in [0.4, 0.5) is 0 Å². The van der Waals surface area contributed by atoms with Crippen molar-refractivity contribution in [3.8, 4) is 0 Å². The van der Waals surface area contributed by atoms with Crippen LogP contribution in [0.5, 0.6) is 0 Å². The number of nitrogens with zero attached hydrogens (tertiary/aromatic N) is 2. The van der Waals surface area contributed by atoms with Gasteiger partial charge in [0.15, 0.2) is 0 Å². The highest BCUT2D eigenvalue weighted by molar-refractivity contribution is 5.42. The number of ether oxygens (including phenoxy) is 1. The van der Waals surface area contributed by atoms with Gasteiger partial charge >= 0.3 is 0 Å². The molecule has 2 N–H and O–H groups in total. The van der Waals surface area contributed by atoms with Gasteiger partial charge < -0.3 is 19.6 Å². The Kier molecular flexibility index (Phi) is 5.32. The lowest BCUT2D eigenvalue weighted by molar-refractivity contribution is 0.0907. The molecule has 0 unspecified atom stereocenters. The number of aliphatic hydroxyl groups is 1. The Bertz CT molecular complexity index is 510. The molecule has 2 aromatic rings. The molecule has 0 aliphatic heterocycles. The molecule has 5 heteroatoms. The van der Waals surface area contributed by atoms with E-state index in [1.54, 1.807) is 0 Å². The van der Waals surface area contributed by atoms with Crippen LogP contribution < -0.4 is 5.32 Å². The normalized spacial score (nSPS) is 11.3. The van der Waals surface area contributed by atoms with Crippen molar-refractivity contribution in [2.24, 2.45) is 0 Å². The Morgan fingerprint density at radius 3 is 3.11 bits per heavy atom. The molecule has 0 aliphatic rings. The summed E-state index contributed by atoms with van der Waals surface area (Å²) in [5.74, 6) is 0. The Hall–Kier alpha value is -1.43. The van der Waals surface area contributed by atoms with Gasteiger partial charge in [0.25, 0.3) is 0 Å². The first-order valence-electron chi connectivity index (χ1n) is 6.65. The second kappa shape index (κ2) is 7.23. The van der Waals surface area contributed by atoms with Crippen molar-refractivity contribution in [2.45, 2.75) is 19.9 Å². The minimum Gasteiger partial charge on any atom is -0.394 e. The second-order valence-corrected chi connectivity index (χ2v) is 4.44. The molecular formula is C14H21N3O2. The summed E-state index contributed by atoms with van der Waals surface area (Å²) in [4.78, 5) is 4.52. The fourth-order valence-electron chi connectivity index (χ4n) is 2.05. The van der Waals surface area contributed by atoms with E-state index in [0.29, 0.717) is 13.2 Å². The molecule has 104 valence electrons. The summed E-state index contributed by atoms with van der Waals surface area (Å²) < 4.78 is 7.32. The number of fused-ring (bicyclic) bond motifs is 1. The third-order valence-corrected chi connectivity index (χ3v) is 3.00. The van der Waals surface area contributed by atoms with Gasteiger partial charge in [-0.3, -0.25) is 0 Å². The Balaban J connectivity index is 1.80. The third-order valence-electron chi connectivity index (χ3n) is 3.00. The lowest BCUT2D eigenvalue weighted by atomic mass is 10.3. The van der Waals surface area contributed by atoms with E-state index in [4.69, 9.17) is 9.84 Å². The minimum atomic E-state index is 0.0917. The summed E-state index contributed by atoms with van der Waals surface area (Å²) in [7, 11) is 0. The highest BCUT2D eigenvalue weighted by Gasteiger charge is 2.06. The van der Waals surface area contributed by atoms with Crippen LogP contribution in [-0.2, 0) is 11.3 Å². The molecule has 0 saturated heterocycles. The smallest absolute Gasteiger partial charge is 0.137 e. The van der Waals surface area contributed by atoms with Crippen molar-refractivity contribution in [3.05, 3.63) is 35.8 Å². The number of hydrogen-bond donors (Lipinski definition) is 2. The van der Waals surface area contributed by atoms with Crippen molar-refractivity contribution in [3.63, 3.8) is 0 Å². The van der Waals surface area contributed by atoms with E-state index in [1.807, 2.05) is 31.3 Å². The molecule has 0 saturated carbocycles. The zero-order chi connectivity index (χ0) is 13.5. The van der Waals surface area contributed by atoms with Crippen LogP contribution in [0.25, 0.3) is 5.65 Å². The summed E-state index contributed by atoms with van der Waals surface area (Å²) in [6, 6.07) is 6.02. The molecule has 0 amide bonds. The number of aromatic nitrogens is 2. The molecule has 0 aromatic carbocycles. The van der Waals surface area contributed by atoms with E-state index in [2.05, 4.69) is 14.7 Å². The molecular weight excluding hydrogens is 242 g/mol. The average Bonchev–Trinajstić information content (AvgIpc) is 2.74. The van der Waals surface area contributed by atoms with E-state index in [-0.39, 0.29) is 6.61 Å². The molecule has 0 aliphatic carbocycles. The number of pyridine rings is 1. The summed E-state index contributed by atoms with van der Waals surface area (Å²) in [5, 5.41) is 12.0. The van der Waals surface area contributed by atoms with Crippen LogP contribution in [0.1, 0.15) is 17.8 Å². The lowest BCUT2D eigenvalue weighted by Gasteiger charge is -2.06. The van der Waals surface area contributed by atoms with Crippen LogP contribution >= 0.6 is 0 Å². The van der Waals surface area contributed by atoms with E-state index < -0.39 is 0 Å². The molecule has 2 aromatic heterocycles. The summed E-state index contributed by atoms with van der Waals surface area (Å²) in [6.45, 7) is 4.93. The minimum absolute atomic E-state index is 0.0917. The van der Waals surface area contributed by atoms with Crippen molar-refractivity contribution in [1.82, 2.24) is 14.7 Å². The van der Waals surface area contributed by atoms with Crippen LogP contribution in [0.2, 0.25) is 0 Å². The first-order valence-corrected chi connectivity index (χ1v) is 6.65. The highest BCUT2D eigenvalue weighted by atomic mass is 16.5. The van der Waals surface area contributed by atoms with Gasteiger partial charge in [0.05, 0.1) is 24.6 Å². The topological polar surface area (TPSA) is 58.8 Å². The summed E-state index contributed by atoms with van der Waals surface area (Å²) in [5.41, 5.74) is 3.25. The van der Waals surface area contributed by atoms with Gasteiger partial charge in [-0.2, -0.15) is 0 Å². The fraction of sp³-hybridized carbons (Fsp3) is 0.500. The lowest BCUT2D eigenvalue weighted by Crippen LogP contribution is -2.18. The van der Waals surface area contributed by atoms with Crippen LogP contribution in [0, 0.1) is 6.92 Å². The monoisotopic (exact) mass is 263 g/mol. The molecule has 19 heavy (non-hydrogen) atoms. The molecule has 0 spiro atoms. The molecule has 2 heterocycles. The van der Waals surface area contributed by atoms with Crippen LogP contribution in [-0.4, -0.2) is 40.9 Å². The van der Waals surface area contributed by atoms with Gasteiger partial charge in [0, 0.05) is 19.3 Å². The maximum atomic E-state index is 8.57. The van der Waals surface area contributed by atoms with Crippen molar-refractivity contribution in [2.75, 3.05) is 26.4 Å². The number of aliphatic hydroxyl groups excluding tert-OH is 1. The molecule has 0 radical (unpaired) electrons. The van der Waals surface area contributed by atoms with E-state index in [1.165, 1.54) is 5.69 Å². The molecule has 0 fully saturated rings. The van der Waals surface area contributed by atoms with Crippen molar-refractivity contribution >= 4 is 5.65 Å². The quantitative estimate of drug-likeness (QED) is 0.701. The summed E-state index contributed by atoms with van der Waals surface area (Å²) >= 11 is 0. The van der Waals surface area contributed by atoms with E-state index >= 15 is 0 Å². The van der Waals surface area contributed by atoms with Gasteiger partial charge in [-0.25, -0.2) is 4.98 Å². The average molecular weight is 263 g/mol. The van der Waals surface area contributed by atoms with Gasteiger partial charge in [-0.15, -0.1) is 0 Å². The van der Waals surface area contributed by atoms with Gasteiger partial charge in [0.2, 0.25) is 0 Å². The summed E-state index contributed by atoms with van der Waals surface area (Å²) in [6.07, 6.45) is 2.98. The molecule has 0 atom stereocenters. The fourth-order valence-corrected chi connectivity index (χ4v) is 2.05. The van der Waals surface area contributed by atoms with Crippen LogP contribution in [0.3, 0.4) is 0 Å². The zero-order valence-electron chi connectivity index (χ0n) is 11.3. The van der Waals surface area contributed by atoms with E-state index in [0.717, 1.165) is 30.9 Å². The zero-order valence-corrected chi connectivity index (χ0v) is 11.3. The van der Waals surface area contributed by atoms with Gasteiger partial charge in [-0.05, 0) is 32.0 Å². The van der Waals surface area contributed by atoms with Gasteiger partial charge in [-0.1, -0.05) is 6.07 Å². The number of imidazole rings is 1. The predicted octanol–water partition coefficient (Wildman–Crippen LogP) is 1.13. The van der Waals surface area contributed by atoms with Crippen LogP contribution in [0.15, 0.2) is 24.4 Å². The SMILES string of the molecule is Cc1nc2ccccn2c1CNCCCOCCO. The third kappa shape index (κ3) is 3.76. The Labute approximate surface area is 113 Å². The molecule has 0 bridgehead atoms. The molecule has 5 nitrogen and oxygen atoms in total. The predicted molar refractivity (Wildman–Crippen MR) is 74.2 cm³/mol.